The number of hydrogen-bond acceptors (Lipinski definition) is 0. The van der Waals surface area contributed by atoms with Gasteiger partial charge >= 0.3 is 91.3 Å². The van der Waals surface area contributed by atoms with E-state index in [9.17, 15) is 0 Å². The van der Waals surface area contributed by atoms with Crippen molar-refractivity contribution in [1.29, 1.82) is 0 Å². The summed E-state index contributed by atoms with van der Waals surface area (Å²) < 4.78 is 0. The summed E-state index contributed by atoms with van der Waals surface area (Å²) >= 11 is 0. The molecule has 0 atom stereocenters. The molecule has 0 fully saturated rings. The molecule has 3 nitrogen and oxygen atoms in total. The maximum atomic E-state index is 0. The van der Waals surface area contributed by atoms with Gasteiger partial charge in [-0.25, -0.2) is 0 Å². The fourth-order valence-corrected chi connectivity index (χ4v) is 0. The van der Waals surface area contributed by atoms with Crippen molar-refractivity contribution in [2.24, 2.45) is 0 Å². The summed E-state index contributed by atoms with van der Waals surface area (Å²) in [5, 5.41) is 0. The predicted molar refractivity (Wildman–Crippen MR) is 33.4 cm³/mol. The molecule has 0 aliphatic carbocycles. The number of hydrogen-bond donors (Lipinski definition) is 0. The van der Waals surface area contributed by atoms with Crippen molar-refractivity contribution in [1.82, 2.24) is 0 Å². The minimum atomic E-state index is 0. The minimum Gasteiger partial charge on any atom is -2.00 e. The Morgan fingerprint density at radius 1 is 0.444 bits per heavy atom. The second kappa shape index (κ2) is 79.3. The van der Waals surface area contributed by atoms with Gasteiger partial charge in [0.25, 0.3) is 0 Å². The van der Waals surface area contributed by atoms with Gasteiger partial charge in [-0.3, -0.25) is 0 Å². The van der Waals surface area contributed by atoms with Gasteiger partial charge < -0.3 is 16.4 Å². The van der Waals surface area contributed by atoms with Gasteiger partial charge in [0.05, 0.1) is 0 Å². The first-order valence-electron chi connectivity index (χ1n) is 0. The van der Waals surface area contributed by atoms with Crippen LogP contribution in [-0.4, -0.2) is 91.3 Å². The minimum absolute atomic E-state index is 0. The van der Waals surface area contributed by atoms with E-state index in [0.29, 0.717) is 0 Å². The fourth-order valence-electron chi connectivity index (χ4n) is 0. The molecule has 0 unspecified atom stereocenters. The van der Waals surface area contributed by atoms with Crippen LogP contribution in [0.4, 0.5) is 0 Å². The van der Waals surface area contributed by atoms with Gasteiger partial charge in [0, 0.05) is 52.4 Å². The Kier molecular flexibility index (Phi) is 888. The smallest absolute Gasteiger partial charge is 0 e. The zero-order valence-electron chi connectivity index (χ0n) is 3.38. The van der Waals surface area contributed by atoms with Crippen molar-refractivity contribution >= 4 is 91.3 Å². The van der Waals surface area contributed by atoms with Crippen molar-refractivity contribution in [3.8, 4) is 0 Å². The van der Waals surface area contributed by atoms with Crippen LogP contribution in [0.15, 0.2) is 0 Å². The van der Waals surface area contributed by atoms with Gasteiger partial charge in [-0.05, 0) is 0 Å². The Balaban J connectivity index is 0. The van der Waals surface area contributed by atoms with Gasteiger partial charge in [-0.15, -0.1) is 0 Å². The summed E-state index contributed by atoms with van der Waals surface area (Å²) in [6, 6.07) is 0. The van der Waals surface area contributed by atoms with E-state index in [0.717, 1.165) is 0 Å². The van der Waals surface area contributed by atoms with Crippen LogP contribution >= 0.6 is 0 Å². The van der Waals surface area contributed by atoms with Gasteiger partial charge in [-0.1, -0.05) is 0 Å². The van der Waals surface area contributed by atoms with Crippen LogP contribution in [0.3, 0.4) is 0 Å². The van der Waals surface area contributed by atoms with Gasteiger partial charge in [0.1, 0.15) is 0 Å². The average Bonchev–Trinajstić information content (AvgIpc) is 0. The monoisotopic (exact) mass is 602 g/mol. The third-order valence-corrected chi connectivity index (χ3v) is 0. The SMILES string of the molecule is [Ga+3].[Ga+3].[InH3].[InH3].[O-2].[O-2].[O-2].[Zr].[Zr]. The second-order valence-electron chi connectivity index (χ2n) is 0. The molecule has 0 aliphatic heterocycles. The zero-order chi connectivity index (χ0) is 0. The molecule has 0 bridgehead atoms. The van der Waals surface area contributed by atoms with Crippen LogP contribution in [0.25, 0.3) is 0 Å². The van der Waals surface area contributed by atoms with Crippen molar-refractivity contribution < 1.29 is 68.8 Å². The summed E-state index contributed by atoms with van der Waals surface area (Å²) in [5.74, 6) is 0. The molecule has 0 amide bonds. The van der Waals surface area contributed by atoms with Crippen molar-refractivity contribution in [3.05, 3.63) is 0 Å². The largest absolute Gasteiger partial charge is 2.00 e. The molecule has 0 aromatic heterocycles. The van der Waals surface area contributed by atoms with E-state index in [1.807, 2.05) is 0 Å². The van der Waals surface area contributed by atoms with E-state index in [1.165, 1.54) is 0 Å². The molecule has 9 heteroatoms. The van der Waals surface area contributed by atoms with Gasteiger partial charge in [0.2, 0.25) is 0 Å². The van der Waals surface area contributed by atoms with Gasteiger partial charge in [0.15, 0.2) is 0 Å². The summed E-state index contributed by atoms with van der Waals surface area (Å²) in [6.07, 6.45) is 0. The summed E-state index contributed by atoms with van der Waals surface area (Å²) in [4.78, 5) is 0. The molecule has 0 saturated heterocycles. The maximum absolute atomic E-state index is 0. The normalized spacial score (nSPS) is 0. The van der Waals surface area contributed by atoms with E-state index in [4.69, 9.17) is 0 Å². The first-order valence-corrected chi connectivity index (χ1v) is 0. The molecule has 0 aromatic rings. The van der Waals surface area contributed by atoms with Gasteiger partial charge in [-0.2, -0.15) is 0 Å². The molecule has 0 spiro atoms. The standard InChI is InChI=1S/2Ga.2In.3O.2Zr.6H/q2*+3;;;3*-2;;;;;;;;. The summed E-state index contributed by atoms with van der Waals surface area (Å²) in [5.41, 5.74) is 0. The topological polar surface area (TPSA) is 85.5 Å². The molecule has 0 aromatic carbocycles. The van der Waals surface area contributed by atoms with Crippen molar-refractivity contribution in [2.75, 3.05) is 0 Å². The molecular formula is H6Ga2In2O3Zr2. The quantitative estimate of drug-likeness (QED) is 0.257. The molecule has 0 aliphatic rings. The van der Waals surface area contributed by atoms with Crippen LogP contribution in [-0.2, 0) is 68.8 Å². The summed E-state index contributed by atoms with van der Waals surface area (Å²) in [7, 11) is 0. The Morgan fingerprint density at radius 3 is 0.444 bits per heavy atom. The van der Waals surface area contributed by atoms with Crippen molar-refractivity contribution in [2.45, 2.75) is 0 Å². The predicted octanol–water partition coefficient (Wildman–Crippen LogP) is -3.49. The average molecular weight is 606 g/mol. The van der Waals surface area contributed by atoms with Crippen LogP contribution in [0.1, 0.15) is 0 Å². The summed E-state index contributed by atoms with van der Waals surface area (Å²) in [6.45, 7) is 0. The zero-order valence-corrected chi connectivity index (χ0v) is 13.1. The fraction of sp³-hybridized carbons (Fsp3) is 0. The molecule has 44 valence electrons. The van der Waals surface area contributed by atoms with Crippen LogP contribution < -0.4 is 0 Å². The maximum Gasteiger partial charge on any atom is 0 e. The molecule has 0 N–H and O–H groups in total. The van der Waals surface area contributed by atoms with Crippen molar-refractivity contribution in [3.63, 3.8) is 0 Å². The first-order chi connectivity index (χ1) is 0. The molecule has 0 heterocycles. The second-order valence-corrected chi connectivity index (χ2v) is 0. The number of rotatable bonds is 0. The Labute approximate surface area is 156 Å². The third kappa shape index (κ3) is 66.3. The Morgan fingerprint density at radius 2 is 0.444 bits per heavy atom. The van der Waals surface area contributed by atoms with Crippen LogP contribution in [0.2, 0.25) is 0 Å². The van der Waals surface area contributed by atoms with E-state index in [2.05, 4.69) is 0 Å². The molecule has 0 radical (unpaired) electrons. The Hall–Kier alpha value is 4.66. The molecule has 0 rings (SSSR count). The van der Waals surface area contributed by atoms with Crippen LogP contribution in [0.5, 0.6) is 0 Å². The van der Waals surface area contributed by atoms with E-state index in [-0.39, 0.29) is 160 Å². The third-order valence-electron chi connectivity index (χ3n) is 0. The van der Waals surface area contributed by atoms with Crippen LogP contribution in [0, 0.1) is 0 Å². The van der Waals surface area contributed by atoms with E-state index < -0.39 is 0 Å². The Bertz CT molecular complexity index is 17.8. The first kappa shape index (κ1) is 101. The molecular weight excluding hydrogens is 600 g/mol. The van der Waals surface area contributed by atoms with E-state index >= 15 is 0 Å². The molecule has 9 heavy (non-hydrogen) atoms. The molecule has 0 saturated carbocycles. The van der Waals surface area contributed by atoms with E-state index in [1.54, 1.807) is 0 Å².